The summed E-state index contributed by atoms with van der Waals surface area (Å²) in [6.07, 6.45) is 0. The van der Waals surface area contributed by atoms with Crippen molar-refractivity contribution in [1.29, 1.82) is 0 Å². The van der Waals surface area contributed by atoms with E-state index in [2.05, 4.69) is 15.5 Å². The zero-order valence-corrected chi connectivity index (χ0v) is 10.9. The van der Waals surface area contributed by atoms with Gasteiger partial charge in [-0.3, -0.25) is 4.79 Å². The van der Waals surface area contributed by atoms with Crippen molar-refractivity contribution >= 4 is 11.7 Å². The highest BCUT2D eigenvalue weighted by Gasteiger charge is 2.39. The Morgan fingerprint density at radius 3 is 2.89 bits per heavy atom. The highest BCUT2D eigenvalue weighted by atomic mass is 16.5. The molecule has 2 heterocycles. The first kappa shape index (κ1) is 12.8. The number of amides is 1. The van der Waals surface area contributed by atoms with E-state index < -0.39 is 5.60 Å². The predicted octanol–water partition coefficient (Wildman–Crippen LogP) is 0.126. The number of rotatable bonds is 2. The fourth-order valence-corrected chi connectivity index (χ4v) is 2.03. The van der Waals surface area contributed by atoms with Gasteiger partial charge in [0.05, 0.1) is 18.8 Å². The highest BCUT2D eigenvalue weighted by Crippen LogP contribution is 2.21. The van der Waals surface area contributed by atoms with E-state index >= 15 is 0 Å². The monoisotopic (exact) mass is 250 g/mol. The van der Waals surface area contributed by atoms with Crippen molar-refractivity contribution in [3.63, 3.8) is 0 Å². The van der Waals surface area contributed by atoms with Crippen molar-refractivity contribution in [3.8, 4) is 0 Å². The van der Waals surface area contributed by atoms with Gasteiger partial charge in [0.1, 0.15) is 0 Å². The maximum Gasteiger partial charge on any atom is 0.253 e. The van der Waals surface area contributed by atoms with E-state index in [1.807, 2.05) is 24.0 Å². The van der Waals surface area contributed by atoms with Gasteiger partial charge in [0, 0.05) is 13.6 Å². The Bertz CT molecular complexity index is 434. The summed E-state index contributed by atoms with van der Waals surface area (Å²) in [5.74, 6) is 0.659. The third kappa shape index (κ3) is 2.43. The van der Waals surface area contributed by atoms with Crippen molar-refractivity contribution in [2.75, 3.05) is 31.6 Å². The lowest BCUT2D eigenvalue weighted by Gasteiger charge is -2.39. The number of hydrogen-bond donors (Lipinski definition) is 1. The quantitative estimate of drug-likeness (QED) is 0.808. The Hall–Kier alpha value is -1.69. The number of morpholine rings is 1. The molecule has 1 atom stereocenters. The van der Waals surface area contributed by atoms with Crippen LogP contribution in [0.1, 0.15) is 12.6 Å². The van der Waals surface area contributed by atoms with Crippen molar-refractivity contribution in [2.45, 2.75) is 19.4 Å². The molecule has 0 radical (unpaired) electrons. The lowest BCUT2D eigenvalue weighted by atomic mass is 10.0. The summed E-state index contributed by atoms with van der Waals surface area (Å²) in [4.78, 5) is 13.8. The minimum absolute atomic E-state index is 0.118. The summed E-state index contributed by atoms with van der Waals surface area (Å²) in [5.41, 5.74) is 0.0422. The van der Waals surface area contributed by atoms with Gasteiger partial charge < -0.3 is 15.0 Å². The van der Waals surface area contributed by atoms with E-state index in [9.17, 15) is 4.79 Å². The van der Waals surface area contributed by atoms with Crippen LogP contribution in [0.15, 0.2) is 12.1 Å². The van der Waals surface area contributed by atoms with Gasteiger partial charge in [0.2, 0.25) is 0 Å². The van der Waals surface area contributed by atoms with Crippen molar-refractivity contribution in [2.24, 2.45) is 0 Å². The van der Waals surface area contributed by atoms with Gasteiger partial charge in [-0.15, -0.1) is 5.10 Å². The van der Waals surface area contributed by atoms with Crippen LogP contribution in [0.5, 0.6) is 0 Å². The van der Waals surface area contributed by atoms with Gasteiger partial charge >= 0.3 is 0 Å². The van der Waals surface area contributed by atoms with Crippen LogP contribution in [0, 0.1) is 6.92 Å². The Labute approximate surface area is 106 Å². The average molecular weight is 250 g/mol. The first-order valence-electron chi connectivity index (χ1n) is 5.96. The van der Waals surface area contributed by atoms with E-state index in [0.29, 0.717) is 19.7 Å². The van der Waals surface area contributed by atoms with Crippen LogP contribution >= 0.6 is 0 Å². The number of carbonyl (C=O) groups is 1. The molecule has 1 saturated heterocycles. The standard InChI is InChI=1S/C12H18N4O2/c1-9-4-5-10(15-14-9)16-6-7-18-12(2,8-16)11(17)13-3/h4-5H,6-8H2,1-3H3,(H,13,17)/t12-/m0/s1. The maximum absolute atomic E-state index is 11.8. The molecule has 1 aliphatic rings. The van der Waals surface area contributed by atoms with Gasteiger partial charge in [-0.05, 0) is 26.0 Å². The minimum Gasteiger partial charge on any atom is -0.362 e. The highest BCUT2D eigenvalue weighted by molar-refractivity contribution is 5.85. The van der Waals surface area contributed by atoms with Crippen molar-refractivity contribution in [3.05, 3.63) is 17.8 Å². The Morgan fingerprint density at radius 1 is 1.50 bits per heavy atom. The Kier molecular flexibility index (Phi) is 3.47. The van der Waals surface area contributed by atoms with Crippen LogP contribution in [-0.4, -0.2) is 48.4 Å². The average Bonchev–Trinajstić information content (AvgIpc) is 2.38. The molecule has 0 aromatic carbocycles. The number of likely N-dealkylation sites (N-methyl/N-ethyl adjacent to an activating group) is 1. The summed E-state index contributed by atoms with van der Waals surface area (Å²) in [6.45, 7) is 5.37. The number of carbonyl (C=O) groups excluding carboxylic acids is 1. The molecule has 98 valence electrons. The molecule has 1 aromatic rings. The molecular formula is C12H18N4O2. The number of anilines is 1. The fourth-order valence-electron chi connectivity index (χ4n) is 2.03. The zero-order valence-electron chi connectivity index (χ0n) is 10.9. The van der Waals surface area contributed by atoms with E-state index in [1.54, 1.807) is 14.0 Å². The van der Waals surface area contributed by atoms with Crippen LogP contribution < -0.4 is 10.2 Å². The third-order valence-electron chi connectivity index (χ3n) is 3.09. The SMILES string of the molecule is CNC(=O)[C@]1(C)CN(c2ccc(C)nn2)CCO1. The zero-order chi connectivity index (χ0) is 13.2. The molecule has 0 aliphatic carbocycles. The summed E-state index contributed by atoms with van der Waals surface area (Å²) >= 11 is 0. The molecule has 0 saturated carbocycles. The predicted molar refractivity (Wildman–Crippen MR) is 67.4 cm³/mol. The second-order valence-corrected chi connectivity index (χ2v) is 4.61. The van der Waals surface area contributed by atoms with Gasteiger partial charge in [-0.25, -0.2) is 0 Å². The largest absolute Gasteiger partial charge is 0.362 e. The van der Waals surface area contributed by atoms with Gasteiger partial charge in [0.25, 0.3) is 5.91 Å². The lowest BCUT2D eigenvalue weighted by Crippen LogP contribution is -2.58. The summed E-state index contributed by atoms with van der Waals surface area (Å²) in [7, 11) is 1.61. The second-order valence-electron chi connectivity index (χ2n) is 4.61. The molecule has 0 unspecified atom stereocenters. The van der Waals surface area contributed by atoms with Crippen LogP contribution in [0.4, 0.5) is 5.82 Å². The molecule has 1 aliphatic heterocycles. The molecule has 2 rings (SSSR count). The first-order chi connectivity index (χ1) is 8.55. The number of aromatic nitrogens is 2. The molecular weight excluding hydrogens is 232 g/mol. The van der Waals surface area contributed by atoms with Crippen LogP contribution in [-0.2, 0) is 9.53 Å². The number of nitrogens with zero attached hydrogens (tertiary/aromatic N) is 3. The van der Waals surface area contributed by atoms with Crippen molar-refractivity contribution in [1.82, 2.24) is 15.5 Å². The van der Waals surface area contributed by atoms with E-state index in [0.717, 1.165) is 11.5 Å². The van der Waals surface area contributed by atoms with Crippen LogP contribution in [0.3, 0.4) is 0 Å². The molecule has 1 fully saturated rings. The summed E-state index contributed by atoms with van der Waals surface area (Å²) in [6, 6.07) is 3.83. The Balaban J connectivity index is 2.16. The second kappa shape index (κ2) is 4.89. The van der Waals surface area contributed by atoms with Crippen LogP contribution in [0.2, 0.25) is 0 Å². The number of nitrogens with one attached hydrogen (secondary N) is 1. The van der Waals surface area contributed by atoms with Gasteiger partial charge in [-0.1, -0.05) is 0 Å². The maximum atomic E-state index is 11.8. The molecule has 0 bridgehead atoms. The fraction of sp³-hybridized carbons (Fsp3) is 0.583. The molecule has 0 spiro atoms. The molecule has 6 nitrogen and oxygen atoms in total. The molecule has 1 aromatic heterocycles. The number of aryl methyl sites for hydroxylation is 1. The van der Waals surface area contributed by atoms with Gasteiger partial charge in [0.15, 0.2) is 11.4 Å². The summed E-state index contributed by atoms with van der Waals surface area (Å²) in [5, 5.41) is 10.8. The van der Waals surface area contributed by atoms with E-state index in [-0.39, 0.29) is 5.91 Å². The minimum atomic E-state index is -0.834. The smallest absolute Gasteiger partial charge is 0.253 e. The first-order valence-corrected chi connectivity index (χ1v) is 5.96. The van der Waals surface area contributed by atoms with Gasteiger partial charge in [-0.2, -0.15) is 5.10 Å². The number of ether oxygens (including phenoxy) is 1. The van der Waals surface area contributed by atoms with E-state index in [1.165, 1.54) is 0 Å². The Morgan fingerprint density at radius 2 is 2.28 bits per heavy atom. The van der Waals surface area contributed by atoms with E-state index in [4.69, 9.17) is 4.74 Å². The number of hydrogen-bond acceptors (Lipinski definition) is 5. The van der Waals surface area contributed by atoms with Crippen LogP contribution in [0.25, 0.3) is 0 Å². The molecule has 6 heteroatoms. The summed E-state index contributed by atoms with van der Waals surface area (Å²) < 4.78 is 5.59. The topological polar surface area (TPSA) is 67.4 Å². The third-order valence-corrected chi connectivity index (χ3v) is 3.09. The lowest BCUT2D eigenvalue weighted by molar-refractivity contribution is -0.145. The molecule has 1 N–H and O–H groups in total. The van der Waals surface area contributed by atoms with Crippen molar-refractivity contribution < 1.29 is 9.53 Å². The molecule has 1 amide bonds. The molecule has 18 heavy (non-hydrogen) atoms. The normalized spacial score (nSPS) is 23.8.